The lowest BCUT2D eigenvalue weighted by atomic mass is 10.1. The van der Waals surface area contributed by atoms with Crippen LogP contribution in [0.4, 0.5) is 24.4 Å². The fourth-order valence-electron chi connectivity index (χ4n) is 4.04. The van der Waals surface area contributed by atoms with Gasteiger partial charge in [-0.15, -0.1) is 11.3 Å². The lowest BCUT2D eigenvalue weighted by Gasteiger charge is -2.31. The number of carboxylic acid groups (broad SMARTS) is 1. The summed E-state index contributed by atoms with van der Waals surface area (Å²) in [5.74, 6) is -1.25. The number of aromatic nitrogens is 1. The summed E-state index contributed by atoms with van der Waals surface area (Å²) < 4.78 is 35.5. The number of nitrogens with zero attached hydrogens (tertiary/aromatic N) is 3. The second-order valence-electron chi connectivity index (χ2n) is 7.28. The zero-order valence-corrected chi connectivity index (χ0v) is 16.5. The minimum absolute atomic E-state index is 0.0767. The van der Waals surface area contributed by atoms with Crippen molar-refractivity contribution in [1.29, 1.82) is 0 Å². The number of benzene rings is 1. The van der Waals surface area contributed by atoms with Gasteiger partial charge < -0.3 is 25.4 Å². The average Bonchev–Trinajstić information content (AvgIpc) is 3.30. The van der Waals surface area contributed by atoms with E-state index in [0.29, 0.717) is 37.6 Å². The average molecular weight is 424 g/mol. The van der Waals surface area contributed by atoms with Crippen LogP contribution in [0.1, 0.15) is 37.4 Å². The molecule has 7 nitrogen and oxygen atoms in total. The molecule has 156 valence electrons. The molecule has 2 fully saturated rings. The van der Waals surface area contributed by atoms with Gasteiger partial charge in [-0.25, -0.2) is 18.6 Å². The van der Waals surface area contributed by atoms with E-state index in [1.54, 1.807) is 4.90 Å². The van der Waals surface area contributed by atoms with E-state index in [0.717, 1.165) is 18.5 Å². The van der Waals surface area contributed by atoms with Crippen molar-refractivity contribution in [3.05, 3.63) is 34.8 Å². The molecule has 4 rings (SSSR count). The van der Waals surface area contributed by atoms with Crippen LogP contribution in [0.2, 0.25) is 0 Å². The van der Waals surface area contributed by atoms with Crippen molar-refractivity contribution in [3.63, 3.8) is 0 Å². The summed E-state index contributed by atoms with van der Waals surface area (Å²) >= 11 is 1.31. The van der Waals surface area contributed by atoms with Gasteiger partial charge in [-0.05, 0) is 12.8 Å². The molecule has 1 aromatic heterocycles. The summed E-state index contributed by atoms with van der Waals surface area (Å²) in [7, 11) is 0. The predicted molar refractivity (Wildman–Crippen MR) is 105 cm³/mol. The van der Waals surface area contributed by atoms with E-state index in [1.807, 2.05) is 5.38 Å². The Hall–Kier alpha value is -2.62. The van der Waals surface area contributed by atoms with E-state index in [1.165, 1.54) is 28.4 Å². The first-order chi connectivity index (χ1) is 13.9. The number of anilines is 2. The minimum Gasteiger partial charge on any atom is -0.490 e. The zero-order chi connectivity index (χ0) is 20.5. The van der Waals surface area contributed by atoms with E-state index in [4.69, 9.17) is 15.6 Å². The third-order valence-electron chi connectivity index (χ3n) is 5.43. The molecule has 1 aromatic carbocycles. The lowest BCUT2D eigenvalue weighted by molar-refractivity contribution is 0.0892. The number of amides is 1. The molecule has 1 amide bonds. The number of piperidine rings is 1. The van der Waals surface area contributed by atoms with E-state index < -0.39 is 17.7 Å². The van der Waals surface area contributed by atoms with E-state index in [-0.39, 0.29) is 23.6 Å². The van der Waals surface area contributed by atoms with Crippen LogP contribution in [0.15, 0.2) is 17.5 Å². The maximum Gasteiger partial charge on any atom is 0.407 e. The zero-order valence-electron chi connectivity index (χ0n) is 15.7. The standard InChI is InChI=1S/C19H22F2N4O3S/c20-13-8-12(28-11-3-6-24(7-4-11)19(26)27)9-14(21)17(13)25-5-1-2-16(25)15-10-29-18(22)23-15/h8-11,16H,1-7H2,(H2,22,23)(H,26,27). The van der Waals surface area contributed by atoms with Crippen molar-refractivity contribution in [3.8, 4) is 5.75 Å². The summed E-state index contributed by atoms with van der Waals surface area (Å²) in [5, 5.41) is 11.3. The number of thiazole rings is 1. The van der Waals surface area contributed by atoms with Crippen LogP contribution in [0.25, 0.3) is 0 Å². The highest BCUT2D eigenvalue weighted by molar-refractivity contribution is 7.13. The van der Waals surface area contributed by atoms with Gasteiger partial charge in [0.2, 0.25) is 0 Å². The summed E-state index contributed by atoms with van der Waals surface area (Å²) in [4.78, 5) is 18.3. The maximum absolute atomic E-state index is 14.9. The Kier molecular flexibility index (Phi) is 5.44. The summed E-state index contributed by atoms with van der Waals surface area (Å²) in [6.45, 7) is 1.22. The second kappa shape index (κ2) is 8.02. The number of halogens is 2. The summed E-state index contributed by atoms with van der Waals surface area (Å²) in [5.41, 5.74) is 6.37. The molecule has 2 aromatic rings. The molecule has 10 heteroatoms. The van der Waals surface area contributed by atoms with Gasteiger partial charge in [0, 0.05) is 50.0 Å². The smallest absolute Gasteiger partial charge is 0.407 e. The normalized spacial score (nSPS) is 20.3. The molecule has 0 saturated carbocycles. The first-order valence-electron chi connectivity index (χ1n) is 9.53. The van der Waals surface area contributed by atoms with Gasteiger partial charge in [-0.1, -0.05) is 0 Å². The largest absolute Gasteiger partial charge is 0.490 e. The molecule has 3 heterocycles. The van der Waals surface area contributed by atoms with Crippen molar-refractivity contribution in [2.45, 2.75) is 37.8 Å². The first-order valence-corrected chi connectivity index (χ1v) is 10.4. The van der Waals surface area contributed by atoms with Crippen LogP contribution >= 0.6 is 11.3 Å². The van der Waals surface area contributed by atoms with Crippen molar-refractivity contribution < 1.29 is 23.4 Å². The maximum atomic E-state index is 14.9. The van der Waals surface area contributed by atoms with E-state index in [9.17, 15) is 13.6 Å². The van der Waals surface area contributed by atoms with Crippen LogP contribution in [-0.2, 0) is 0 Å². The molecular formula is C19H22F2N4O3S. The van der Waals surface area contributed by atoms with Crippen LogP contribution in [0.3, 0.4) is 0 Å². The van der Waals surface area contributed by atoms with Crippen LogP contribution in [0.5, 0.6) is 5.75 Å². The van der Waals surface area contributed by atoms with Gasteiger partial charge in [0.15, 0.2) is 16.8 Å². The Morgan fingerprint density at radius 3 is 2.48 bits per heavy atom. The topological polar surface area (TPSA) is 91.9 Å². The Bertz CT molecular complexity index is 878. The SMILES string of the molecule is Nc1nc(C2CCCN2c2c(F)cc(OC3CCN(C(=O)O)CC3)cc2F)cs1. The van der Waals surface area contributed by atoms with Gasteiger partial charge in [0.25, 0.3) is 0 Å². The van der Waals surface area contributed by atoms with Gasteiger partial charge in [-0.3, -0.25) is 0 Å². The first kappa shape index (κ1) is 19.7. The molecular weight excluding hydrogens is 402 g/mol. The van der Waals surface area contributed by atoms with Crippen molar-refractivity contribution in [2.75, 3.05) is 30.3 Å². The quantitative estimate of drug-likeness (QED) is 0.774. The third-order valence-corrected chi connectivity index (χ3v) is 6.12. The highest BCUT2D eigenvalue weighted by Gasteiger charge is 2.32. The minimum atomic E-state index is -0.966. The highest BCUT2D eigenvalue weighted by Crippen LogP contribution is 2.40. The monoisotopic (exact) mass is 424 g/mol. The Balaban J connectivity index is 1.49. The second-order valence-corrected chi connectivity index (χ2v) is 8.17. The number of likely N-dealkylation sites (tertiary alicyclic amines) is 1. The molecule has 1 atom stereocenters. The van der Waals surface area contributed by atoms with Crippen molar-refractivity contribution in [1.82, 2.24) is 9.88 Å². The number of hydrogen-bond acceptors (Lipinski definition) is 6. The number of nitrogen functional groups attached to an aromatic ring is 1. The van der Waals surface area contributed by atoms with Gasteiger partial charge in [0.05, 0.1) is 11.7 Å². The summed E-state index contributed by atoms with van der Waals surface area (Å²) in [6, 6.07) is 2.19. The molecule has 1 unspecified atom stereocenters. The molecule has 0 radical (unpaired) electrons. The van der Waals surface area contributed by atoms with Crippen LogP contribution < -0.4 is 15.4 Å². The summed E-state index contributed by atoms with van der Waals surface area (Å²) in [6.07, 6.45) is 1.29. The Labute approximate surface area is 170 Å². The number of ether oxygens (including phenoxy) is 1. The lowest BCUT2D eigenvalue weighted by Crippen LogP contribution is -2.41. The molecule has 0 aliphatic carbocycles. The Morgan fingerprint density at radius 1 is 1.21 bits per heavy atom. The van der Waals surface area contributed by atoms with E-state index in [2.05, 4.69) is 4.98 Å². The number of carbonyl (C=O) groups is 1. The number of nitrogens with two attached hydrogens (primary N) is 1. The molecule has 0 spiro atoms. The van der Waals surface area contributed by atoms with Crippen LogP contribution in [-0.4, -0.2) is 46.8 Å². The molecule has 2 aliphatic rings. The van der Waals surface area contributed by atoms with E-state index >= 15 is 0 Å². The van der Waals surface area contributed by atoms with Gasteiger partial charge in [-0.2, -0.15) is 0 Å². The number of hydrogen-bond donors (Lipinski definition) is 2. The molecule has 2 aliphatic heterocycles. The fourth-order valence-corrected chi connectivity index (χ4v) is 4.65. The van der Waals surface area contributed by atoms with Crippen LogP contribution in [0, 0.1) is 11.6 Å². The molecule has 2 saturated heterocycles. The molecule has 0 bridgehead atoms. The predicted octanol–water partition coefficient (Wildman–Crippen LogP) is 3.87. The Morgan fingerprint density at radius 2 is 1.90 bits per heavy atom. The van der Waals surface area contributed by atoms with Gasteiger partial charge in [0.1, 0.15) is 17.5 Å². The fraction of sp³-hybridized carbons (Fsp3) is 0.474. The van der Waals surface area contributed by atoms with Gasteiger partial charge >= 0.3 is 6.09 Å². The molecule has 29 heavy (non-hydrogen) atoms. The van der Waals surface area contributed by atoms with Crippen molar-refractivity contribution in [2.24, 2.45) is 0 Å². The third kappa shape index (κ3) is 4.07. The highest BCUT2D eigenvalue weighted by atomic mass is 32.1. The number of rotatable bonds is 4. The van der Waals surface area contributed by atoms with Crippen molar-refractivity contribution >= 4 is 28.2 Å². The molecule has 3 N–H and O–H groups in total.